The lowest BCUT2D eigenvalue weighted by atomic mass is 10.0. The molecule has 0 aromatic heterocycles. The predicted molar refractivity (Wildman–Crippen MR) is 173 cm³/mol. The molecule has 4 nitrogen and oxygen atoms in total. The molecule has 0 amide bonds. The zero-order valence-corrected chi connectivity index (χ0v) is 26.9. The second-order valence-electron chi connectivity index (χ2n) is 12.5. The minimum Gasteiger partial charge on any atom is -0.487 e. The van der Waals surface area contributed by atoms with Crippen LogP contribution in [0.5, 0.6) is 5.75 Å². The molecular weight excluding hydrogens is 506 g/mol. The number of carbonyl (C=O) groups excluding carboxylic acids is 1. The molecule has 0 radical (unpaired) electrons. The van der Waals surface area contributed by atoms with E-state index in [-0.39, 0.29) is 12.1 Å². The number of nitrogens with zero attached hydrogens (tertiary/aromatic N) is 1. The van der Waals surface area contributed by atoms with Crippen LogP contribution in [-0.2, 0) is 22.5 Å². The number of quaternary nitrogens is 1. The second kappa shape index (κ2) is 21.4. The van der Waals surface area contributed by atoms with Gasteiger partial charge in [0.15, 0.2) is 0 Å². The molecule has 0 fully saturated rings. The lowest BCUT2D eigenvalue weighted by Crippen LogP contribution is -2.39. The molecule has 230 valence electrons. The van der Waals surface area contributed by atoms with Gasteiger partial charge in [0.2, 0.25) is 0 Å². The van der Waals surface area contributed by atoms with Gasteiger partial charge in [-0.2, -0.15) is 0 Å². The molecule has 41 heavy (non-hydrogen) atoms. The first-order chi connectivity index (χ1) is 19.9. The summed E-state index contributed by atoms with van der Waals surface area (Å²) in [6.07, 6.45) is 19.5. The third-order valence-corrected chi connectivity index (χ3v) is 8.00. The Bertz CT molecular complexity index is 927. The van der Waals surface area contributed by atoms with Crippen molar-refractivity contribution in [3.05, 3.63) is 65.7 Å². The zero-order chi connectivity index (χ0) is 29.6. The fourth-order valence-corrected chi connectivity index (χ4v) is 5.44. The fourth-order valence-electron chi connectivity index (χ4n) is 5.44. The van der Waals surface area contributed by atoms with E-state index in [0.29, 0.717) is 13.0 Å². The molecule has 2 rings (SSSR count). The highest BCUT2D eigenvalue weighted by Gasteiger charge is 2.18. The molecule has 0 aliphatic rings. The minimum absolute atomic E-state index is 0.119. The van der Waals surface area contributed by atoms with Crippen molar-refractivity contribution in [3.63, 3.8) is 0 Å². The third kappa shape index (κ3) is 17.3. The fraction of sp³-hybridized carbons (Fsp3) is 0.649. The minimum atomic E-state index is -0.132. The van der Waals surface area contributed by atoms with Crippen molar-refractivity contribution in [2.45, 2.75) is 129 Å². The third-order valence-electron chi connectivity index (χ3n) is 8.00. The van der Waals surface area contributed by atoms with Crippen molar-refractivity contribution >= 4 is 5.97 Å². The van der Waals surface area contributed by atoms with Crippen LogP contribution >= 0.6 is 0 Å². The standard InChI is InChI=1S/C37H60NO3/c1-5-7-8-9-10-11-12-13-14-15-16-18-23-33-26-21-27-36(30-33)41-35(6-2)32-40-37(39)28-22-29-38(3,4)31-34-24-19-17-20-25-34/h17,19-21,24-27,30,35H,5-16,18,22-23,28-29,31-32H2,1-4H3/q+1. The summed E-state index contributed by atoms with van der Waals surface area (Å²) >= 11 is 0. The van der Waals surface area contributed by atoms with Crippen LogP contribution in [0.3, 0.4) is 0 Å². The van der Waals surface area contributed by atoms with Gasteiger partial charge in [0.1, 0.15) is 25.0 Å². The highest BCUT2D eigenvalue weighted by Crippen LogP contribution is 2.19. The maximum absolute atomic E-state index is 12.4. The second-order valence-corrected chi connectivity index (χ2v) is 12.5. The lowest BCUT2D eigenvalue weighted by Gasteiger charge is -2.29. The van der Waals surface area contributed by atoms with E-state index in [4.69, 9.17) is 9.47 Å². The van der Waals surface area contributed by atoms with Crippen LogP contribution < -0.4 is 4.74 Å². The number of carbonyl (C=O) groups is 1. The summed E-state index contributed by atoms with van der Waals surface area (Å²) in [6.45, 7) is 6.56. The normalized spacial score (nSPS) is 12.3. The summed E-state index contributed by atoms with van der Waals surface area (Å²) < 4.78 is 12.7. The summed E-state index contributed by atoms with van der Waals surface area (Å²) in [4.78, 5) is 12.4. The zero-order valence-electron chi connectivity index (χ0n) is 26.9. The van der Waals surface area contributed by atoms with Gasteiger partial charge < -0.3 is 14.0 Å². The Morgan fingerprint density at radius 1 is 0.732 bits per heavy atom. The summed E-state index contributed by atoms with van der Waals surface area (Å²) in [5.74, 6) is 0.747. The van der Waals surface area contributed by atoms with Gasteiger partial charge in [0, 0.05) is 12.0 Å². The van der Waals surface area contributed by atoms with Crippen molar-refractivity contribution in [2.24, 2.45) is 0 Å². The van der Waals surface area contributed by atoms with E-state index in [1.165, 1.54) is 88.2 Å². The molecule has 1 unspecified atom stereocenters. The quantitative estimate of drug-likeness (QED) is 0.0721. The van der Waals surface area contributed by atoms with Gasteiger partial charge in [-0.05, 0) is 37.0 Å². The Labute approximate surface area is 252 Å². The van der Waals surface area contributed by atoms with Crippen molar-refractivity contribution in [3.8, 4) is 5.75 Å². The van der Waals surface area contributed by atoms with E-state index >= 15 is 0 Å². The first kappa shape index (κ1) is 34.9. The van der Waals surface area contributed by atoms with Crippen molar-refractivity contribution in [2.75, 3.05) is 27.2 Å². The Balaban J connectivity index is 1.58. The monoisotopic (exact) mass is 566 g/mol. The molecule has 4 heteroatoms. The molecule has 0 bridgehead atoms. The average Bonchev–Trinajstić information content (AvgIpc) is 2.96. The van der Waals surface area contributed by atoms with Crippen LogP contribution in [0.2, 0.25) is 0 Å². The highest BCUT2D eigenvalue weighted by molar-refractivity contribution is 5.69. The largest absolute Gasteiger partial charge is 0.487 e. The van der Waals surface area contributed by atoms with Gasteiger partial charge in [0.25, 0.3) is 0 Å². The molecule has 0 saturated heterocycles. The van der Waals surface area contributed by atoms with E-state index in [9.17, 15) is 4.79 Å². The molecule has 2 aromatic rings. The van der Waals surface area contributed by atoms with Crippen molar-refractivity contribution in [1.82, 2.24) is 0 Å². The number of hydrogen-bond acceptors (Lipinski definition) is 3. The number of esters is 1. The molecule has 2 aromatic carbocycles. The van der Waals surface area contributed by atoms with Crippen molar-refractivity contribution in [1.29, 1.82) is 0 Å². The summed E-state index contributed by atoms with van der Waals surface area (Å²) in [6, 6.07) is 19.0. The Morgan fingerprint density at radius 2 is 1.34 bits per heavy atom. The molecule has 1 atom stereocenters. The maximum Gasteiger partial charge on any atom is 0.306 e. The number of rotatable bonds is 24. The number of benzene rings is 2. The number of hydrogen-bond donors (Lipinski definition) is 0. The number of ether oxygens (including phenoxy) is 2. The summed E-state index contributed by atoms with van der Waals surface area (Å²) in [7, 11) is 4.43. The van der Waals surface area contributed by atoms with Crippen LogP contribution in [0, 0.1) is 0 Å². The van der Waals surface area contributed by atoms with E-state index in [0.717, 1.165) is 42.6 Å². The van der Waals surface area contributed by atoms with Crippen LogP contribution in [-0.4, -0.2) is 43.8 Å². The molecular formula is C37H60NO3+. The van der Waals surface area contributed by atoms with Crippen LogP contribution in [0.4, 0.5) is 0 Å². The van der Waals surface area contributed by atoms with Gasteiger partial charge in [-0.25, -0.2) is 0 Å². The molecule has 0 N–H and O–H groups in total. The van der Waals surface area contributed by atoms with Crippen LogP contribution in [0.15, 0.2) is 54.6 Å². The van der Waals surface area contributed by atoms with E-state index in [1.54, 1.807) is 0 Å². The molecule has 0 aliphatic heterocycles. The number of unbranched alkanes of at least 4 members (excludes halogenated alkanes) is 11. The predicted octanol–water partition coefficient (Wildman–Crippen LogP) is 9.69. The smallest absolute Gasteiger partial charge is 0.306 e. The highest BCUT2D eigenvalue weighted by atomic mass is 16.6. The lowest BCUT2D eigenvalue weighted by molar-refractivity contribution is -0.903. The first-order valence-corrected chi connectivity index (χ1v) is 16.7. The van der Waals surface area contributed by atoms with E-state index in [2.05, 4.69) is 70.4 Å². The molecule has 0 spiro atoms. The SMILES string of the molecule is CCCCCCCCCCCCCCc1cccc(OC(CC)COC(=O)CCC[N+](C)(C)Cc2ccccc2)c1. The Morgan fingerprint density at radius 3 is 1.98 bits per heavy atom. The summed E-state index contributed by atoms with van der Waals surface area (Å²) in [5, 5.41) is 0. The molecule has 0 aliphatic carbocycles. The van der Waals surface area contributed by atoms with E-state index < -0.39 is 0 Å². The number of aryl methyl sites for hydroxylation is 1. The van der Waals surface area contributed by atoms with E-state index in [1.807, 2.05) is 12.1 Å². The van der Waals surface area contributed by atoms with Crippen molar-refractivity contribution < 1.29 is 18.8 Å². The Hall–Kier alpha value is -2.33. The van der Waals surface area contributed by atoms with Gasteiger partial charge in [-0.1, -0.05) is 127 Å². The average molecular weight is 567 g/mol. The van der Waals surface area contributed by atoms with Gasteiger partial charge in [-0.15, -0.1) is 0 Å². The van der Waals surface area contributed by atoms with Crippen LogP contribution in [0.25, 0.3) is 0 Å². The first-order valence-electron chi connectivity index (χ1n) is 16.7. The molecule has 0 heterocycles. The maximum atomic E-state index is 12.4. The van der Waals surface area contributed by atoms with Gasteiger partial charge in [0.05, 0.1) is 27.1 Å². The van der Waals surface area contributed by atoms with Gasteiger partial charge in [-0.3, -0.25) is 4.79 Å². The Kier molecular flexibility index (Phi) is 18.2. The topological polar surface area (TPSA) is 35.5 Å². The van der Waals surface area contributed by atoms with Gasteiger partial charge >= 0.3 is 5.97 Å². The summed E-state index contributed by atoms with van der Waals surface area (Å²) in [5.41, 5.74) is 2.65. The molecule has 0 saturated carbocycles. The van der Waals surface area contributed by atoms with Crippen LogP contribution in [0.1, 0.15) is 121 Å².